The van der Waals surface area contributed by atoms with E-state index in [0.29, 0.717) is 12.1 Å². The van der Waals surface area contributed by atoms with Crippen LogP contribution in [0.1, 0.15) is 15.9 Å². The number of ketones is 1. The molecule has 2 aromatic carbocycles. The first-order valence-corrected chi connectivity index (χ1v) is 7.30. The fourth-order valence-corrected chi connectivity index (χ4v) is 2.60. The average molecular weight is 345 g/mol. The minimum Gasteiger partial charge on any atom is -0.388 e. The molecule has 1 heterocycles. The van der Waals surface area contributed by atoms with Crippen molar-refractivity contribution >= 4 is 32.7 Å². The smallest absolute Gasteiger partial charge is 0.188 e. The lowest BCUT2D eigenvalue weighted by Crippen LogP contribution is -2.04. The summed E-state index contributed by atoms with van der Waals surface area (Å²) in [6.45, 7) is 0.228. The number of aliphatic hydroxyl groups excluding tert-OH is 1. The summed E-state index contributed by atoms with van der Waals surface area (Å²) in [5.41, 5.74) is 3.61. The summed E-state index contributed by atoms with van der Waals surface area (Å²) in [4.78, 5) is 15.8. The Kier molecular flexibility index (Phi) is 3.86. The number of carbonyl (C=O) groups excluding carboxylic acids is 1. The largest absolute Gasteiger partial charge is 0.388 e. The Morgan fingerprint density at radius 2 is 1.95 bits per heavy atom. The molecule has 0 aliphatic heterocycles. The van der Waals surface area contributed by atoms with Crippen LogP contribution in [-0.2, 0) is 6.54 Å². The van der Waals surface area contributed by atoms with Gasteiger partial charge in [-0.1, -0.05) is 40.2 Å². The second-order valence-electron chi connectivity index (χ2n) is 4.78. The molecule has 0 radical (unpaired) electrons. The summed E-state index contributed by atoms with van der Waals surface area (Å²) in [5, 5.41) is 8.84. The molecule has 0 aliphatic carbocycles. The van der Waals surface area contributed by atoms with Crippen molar-refractivity contribution in [2.75, 3.05) is 6.61 Å². The quantitative estimate of drug-likeness (QED) is 0.740. The number of nitrogens with zero attached hydrogens (tertiary/aromatic N) is 2. The first-order chi connectivity index (χ1) is 10.2. The molecule has 106 valence electrons. The number of rotatable bonds is 4. The second kappa shape index (κ2) is 5.79. The minimum atomic E-state index is -0.458. The Balaban J connectivity index is 1.86. The number of hydrogen-bond donors (Lipinski definition) is 1. The van der Waals surface area contributed by atoms with Crippen molar-refractivity contribution in [1.29, 1.82) is 0 Å². The molecule has 1 aromatic heterocycles. The van der Waals surface area contributed by atoms with Gasteiger partial charge in [0.1, 0.15) is 6.61 Å². The van der Waals surface area contributed by atoms with Crippen LogP contribution in [0.4, 0.5) is 0 Å². The molecule has 4 nitrogen and oxygen atoms in total. The van der Waals surface area contributed by atoms with E-state index in [4.69, 9.17) is 5.11 Å². The molecular formula is C16H13BrN2O2. The monoisotopic (exact) mass is 344 g/mol. The number of imidazole rings is 1. The molecule has 0 aliphatic rings. The summed E-state index contributed by atoms with van der Waals surface area (Å²) in [6.07, 6.45) is 1.81. The standard InChI is InChI=1S/C16H13BrN2O2/c17-13-5-6-15-14(7-13)18-10-19(15)8-11-1-3-12(4-2-11)16(21)9-20/h1-7,10,20H,8-9H2. The van der Waals surface area contributed by atoms with Crippen molar-refractivity contribution < 1.29 is 9.90 Å². The van der Waals surface area contributed by atoms with Crippen LogP contribution in [0.25, 0.3) is 11.0 Å². The first kappa shape index (κ1) is 14.0. The third-order valence-corrected chi connectivity index (χ3v) is 3.85. The molecule has 0 bridgehead atoms. The van der Waals surface area contributed by atoms with Gasteiger partial charge in [-0.2, -0.15) is 0 Å². The van der Waals surface area contributed by atoms with Crippen LogP contribution < -0.4 is 0 Å². The number of carbonyl (C=O) groups is 1. The van der Waals surface area contributed by atoms with Crippen molar-refractivity contribution in [2.45, 2.75) is 6.54 Å². The number of aromatic nitrogens is 2. The average Bonchev–Trinajstić information content (AvgIpc) is 2.89. The maximum Gasteiger partial charge on any atom is 0.188 e. The molecule has 0 spiro atoms. The SMILES string of the molecule is O=C(CO)c1ccc(Cn2cnc3cc(Br)ccc32)cc1. The lowest BCUT2D eigenvalue weighted by atomic mass is 10.1. The third-order valence-electron chi connectivity index (χ3n) is 3.36. The maximum atomic E-state index is 11.4. The molecule has 1 N–H and O–H groups in total. The predicted octanol–water partition coefficient (Wildman–Crippen LogP) is 3.02. The highest BCUT2D eigenvalue weighted by Gasteiger charge is 2.06. The molecule has 0 atom stereocenters. The van der Waals surface area contributed by atoms with Gasteiger partial charge in [-0.3, -0.25) is 4.79 Å². The molecule has 21 heavy (non-hydrogen) atoms. The second-order valence-corrected chi connectivity index (χ2v) is 5.70. The number of benzene rings is 2. The number of hydrogen-bond acceptors (Lipinski definition) is 3. The fraction of sp³-hybridized carbons (Fsp3) is 0.125. The van der Waals surface area contributed by atoms with Crippen LogP contribution in [0, 0.1) is 0 Å². The van der Waals surface area contributed by atoms with Crippen LogP contribution >= 0.6 is 15.9 Å². The zero-order valence-electron chi connectivity index (χ0n) is 11.2. The Morgan fingerprint density at radius 3 is 2.67 bits per heavy atom. The van der Waals surface area contributed by atoms with E-state index < -0.39 is 6.61 Å². The lowest BCUT2D eigenvalue weighted by molar-refractivity contribution is 0.0903. The molecule has 5 heteroatoms. The van der Waals surface area contributed by atoms with Gasteiger partial charge in [0.15, 0.2) is 5.78 Å². The Morgan fingerprint density at radius 1 is 1.19 bits per heavy atom. The van der Waals surface area contributed by atoms with Gasteiger partial charge in [-0.25, -0.2) is 4.98 Å². The Labute approximate surface area is 130 Å². The van der Waals surface area contributed by atoms with E-state index in [1.165, 1.54) is 0 Å². The Hall–Kier alpha value is -1.98. The van der Waals surface area contributed by atoms with Gasteiger partial charge < -0.3 is 9.67 Å². The molecule has 3 rings (SSSR count). The van der Waals surface area contributed by atoms with Gasteiger partial charge in [0, 0.05) is 16.6 Å². The summed E-state index contributed by atoms with van der Waals surface area (Å²) < 4.78 is 3.07. The molecule has 3 aromatic rings. The normalized spacial score (nSPS) is 11.0. The highest BCUT2D eigenvalue weighted by atomic mass is 79.9. The molecular weight excluding hydrogens is 332 g/mol. The lowest BCUT2D eigenvalue weighted by Gasteiger charge is -2.06. The molecule has 0 saturated heterocycles. The molecule has 0 fully saturated rings. The van der Waals surface area contributed by atoms with Crippen molar-refractivity contribution in [1.82, 2.24) is 9.55 Å². The van der Waals surface area contributed by atoms with Crippen molar-refractivity contribution in [3.63, 3.8) is 0 Å². The van der Waals surface area contributed by atoms with E-state index in [9.17, 15) is 4.79 Å². The van der Waals surface area contributed by atoms with Crippen molar-refractivity contribution in [3.8, 4) is 0 Å². The van der Waals surface area contributed by atoms with Crippen LogP contribution in [-0.4, -0.2) is 27.0 Å². The van der Waals surface area contributed by atoms with Gasteiger partial charge in [0.2, 0.25) is 0 Å². The zero-order chi connectivity index (χ0) is 14.8. The summed E-state index contributed by atoms with van der Waals surface area (Å²) in [5.74, 6) is -0.264. The van der Waals surface area contributed by atoms with E-state index in [1.807, 2.05) is 36.7 Å². The van der Waals surface area contributed by atoms with Crippen LogP contribution in [0.3, 0.4) is 0 Å². The predicted molar refractivity (Wildman–Crippen MR) is 84.4 cm³/mol. The van der Waals surface area contributed by atoms with Crippen molar-refractivity contribution in [3.05, 3.63) is 64.4 Å². The van der Waals surface area contributed by atoms with E-state index in [1.54, 1.807) is 12.1 Å². The molecule has 0 saturated carbocycles. The maximum absolute atomic E-state index is 11.4. The highest BCUT2D eigenvalue weighted by Crippen LogP contribution is 2.19. The summed E-state index contributed by atoms with van der Waals surface area (Å²) in [6, 6.07) is 13.3. The highest BCUT2D eigenvalue weighted by molar-refractivity contribution is 9.10. The number of halogens is 1. The van der Waals surface area contributed by atoms with Gasteiger partial charge in [0.05, 0.1) is 17.4 Å². The van der Waals surface area contributed by atoms with E-state index in [2.05, 4.69) is 25.5 Å². The number of Topliss-reactive ketones (excluding diaryl/α,β-unsaturated/α-hetero) is 1. The van der Waals surface area contributed by atoms with Gasteiger partial charge in [0.25, 0.3) is 0 Å². The Bertz CT molecular complexity index is 794. The van der Waals surface area contributed by atoms with Gasteiger partial charge in [-0.05, 0) is 23.8 Å². The topological polar surface area (TPSA) is 55.1 Å². The number of fused-ring (bicyclic) bond motifs is 1. The minimum absolute atomic E-state index is 0.264. The fourth-order valence-electron chi connectivity index (χ4n) is 2.25. The van der Waals surface area contributed by atoms with E-state index in [0.717, 1.165) is 21.1 Å². The van der Waals surface area contributed by atoms with Crippen LogP contribution in [0.15, 0.2) is 53.3 Å². The molecule has 0 unspecified atom stereocenters. The molecule has 0 amide bonds. The first-order valence-electron chi connectivity index (χ1n) is 6.51. The van der Waals surface area contributed by atoms with Crippen LogP contribution in [0.5, 0.6) is 0 Å². The zero-order valence-corrected chi connectivity index (χ0v) is 12.7. The van der Waals surface area contributed by atoms with Gasteiger partial charge >= 0.3 is 0 Å². The van der Waals surface area contributed by atoms with E-state index in [-0.39, 0.29) is 5.78 Å². The van der Waals surface area contributed by atoms with Gasteiger partial charge in [-0.15, -0.1) is 0 Å². The summed E-state index contributed by atoms with van der Waals surface area (Å²) in [7, 11) is 0. The van der Waals surface area contributed by atoms with E-state index >= 15 is 0 Å². The third kappa shape index (κ3) is 2.89. The summed E-state index contributed by atoms with van der Waals surface area (Å²) >= 11 is 3.44. The van der Waals surface area contributed by atoms with Crippen molar-refractivity contribution in [2.24, 2.45) is 0 Å². The van der Waals surface area contributed by atoms with Crippen LogP contribution in [0.2, 0.25) is 0 Å². The number of aliphatic hydroxyl groups is 1.